The highest BCUT2D eigenvalue weighted by atomic mass is 16.5. The first-order valence-corrected chi connectivity index (χ1v) is 13.5. The summed E-state index contributed by atoms with van der Waals surface area (Å²) in [6.07, 6.45) is 6.14. The third-order valence-corrected chi connectivity index (χ3v) is 7.36. The number of hydrogen-bond donors (Lipinski definition) is 1. The van der Waals surface area contributed by atoms with Gasteiger partial charge in [-0.25, -0.2) is 4.68 Å². The Hall–Kier alpha value is -4.11. The van der Waals surface area contributed by atoms with Gasteiger partial charge in [0, 0.05) is 36.8 Å². The number of anilines is 1. The van der Waals surface area contributed by atoms with Crippen molar-refractivity contribution in [2.75, 3.05) is 18.1 Å². The van der Waals surface area contributed by atoms with Crippen LogP contribution in [0.15, 0.2) is 73.1 Å². The van der Waals surface area contributed by atoms with E-state index in [4.69, 9.17) is 4.74 Å². The van der Waals surface area contributed by atoms with Crippen molar-refractivity contribution in [1.29, 1.82) is 0 Å². The summed E-state index contributed by atoms with van der Waals surface area (Å²) in [5, 5.41) is 11.4. The molecule has 2 amide bonds. The molecular weight excluding hydrogens is 492 g/mol. The van der Waals surface area contributed by atoms with Crippen LogP contribution in [-0.4, -0.2) is 51.0 Å². The van der Waals surface area contributed by atoms with Crippen molar-refractivity contribution in [2.24, 2.45) is 0 Å². The molecule has 1 aliphatic rings. The molecule has 1 N–H and O–H groups in total. The lowest BCUT2D eigenvalue weighted by Gasteiger charge is -2.32. The summed E-state index contributed by atoms with van der Waals surface area (Å²) in [5.41, 5.74) is 3.87. The Morgan fingerprint density at radius 2 is 1.92 bits per heavy atom. The van der Waals surface area contributed by atoms with Gasteiger partial charge in [0.25, 0.3) is 0 Å². The van der Waals surface area contributed by atoms with Crippen molar-refractivity contribution in [3.8, 4) is 0 Å². The lowest BCUT2D eigenvalue weighted by molar-refractivity contribution is -0.127. The summed E-state index contributed by atoms with van der Waals surface area (Å²) < 4.78 is 7.28. The first-order chi connectivity index (χ1) is 19.0. The number of para-hydroxylation sites is 1. The van der Waals surface area contributed by atoms with E-state index in [0.717, 1.165) is 24.8 Å². The molecule has 2 aromatic carbocycles. The zero-order valence-electron chi connectivity index (χ0n) is 22.4. The van der Waals surface area contributed by atoms with Gasteiger partial charge >= 0.3 is 0 Å². The van der Waals surface area contributed by atoms with Crippen LogP contribution in [-0.2, 0) is 20.9 Å². The Labute approximate surface area is 228 Å². The Bertz CT molecular complexity index is 1400. The normalized spacial score (nSPS) is 16.6. The molecule has 39 heavy (non-hydrogen) atoms. The molecule has 1 fully saturated rings. The van der Waals surface area contributed by atoms with Gasteiger partial charge in [-0.15, -0.1) is 5.10 Å². The van der Waals surface area contributed by atoms with Crippen LogP contribution in [0.5, 0.6) is 0 Å². The Kier molecular flexibility index (Phi) is 8.27. The van der Waals surface area contributed by atoms with Crippen LogP contribution in [0.2, 0.25) is 0 Å². The quantitative estimate of drug-likeness (QED) is 0.328. The molecule has 3 atom stereocenters. The topological polar surface area (TPSA) is 102 Å². The number of pyridine rings is 1. The molecule has 0 spiro atoms. The molecule has 0 radical (unpaired) electrons. The van der Waals surface area contributed by atoms with E-state index in [2.05, 4.69) is 34.5 Å². The number of hydrogen-bond acceptors (Lipinski definition) is 6. The highest BCUT2D eigenvalue weighted by Crippen LogP contribution is 2.30. The van der Waals surface area contributed by atoms with Gasteiger partial charge in [0.15, 0.2) is 0 Å². The van der Waals surface area contributed by atoms with Crippen LogP contribution in [0.25, 0.3) is 11.0 Å². The van der Waals surface area contributed by atoms with Gasteiger partial charge in [-0.3, -0.25) is 19.5 Å². The predicted octanol–water partition coefficient (Wildman–Crippen LogP) is 4.41. The van der Waals surface area contributed by atoms with Crippen LogP contribution in [0, 0.1) is 0 Å². The molecular formula is C30H34N6O3. The van der Waals surface area contributed by atoms with E-state index in [1.165, 1.54) is 5.56 Å². The van der Waals surface area contributed by atoms with Crippen LogP contribution in [0.4, 0.5) is 5.69 Å². The lowest BCUT2D eigenvalue weighted by atomic mass is 9.98. The maximum Gasteiger partial charge on any atom is 0.249 e. The number of benzene rings is 2. The van der Waals surface area contributed by atoms with E-state index in [0.29, 0.717) is 35.8 Å². The van der Waals surface area contributed by atoms with Gasteiger partial charge < -0.3 is 10.1 Å². The zero-order chi connectivity index (χ0) is 27.2. The van der Waals surface area contributed by atoms with E-state index in [1.807, 2.05) is 54.6 Å². The molecule has 3 heterocycles. The molecule has 1 saturated heterocycles. The molecule has 4 aromatic rings. The van der Waals surface area contributed by atoms with Crippen molar-refractivity contribution in [1.82, 2.24) is 25.3 Å². The average molecular weight is 527 g/mol. The summed E-state index contributed by atoms with van der Waals surface area (Å²) in [4.78, 5) is 33.8. The second kappa shape index (κ2) is 12.2. The third kappa shape index (κ3) is 5.98. The molecule has 2 aromatic heterocycles. The van der Waals surface area contributed by atoms with Gasteiger partial charge in [-0.1, -0.05) is 49.4 Å². The van der Waals surface area contributed by atoms with Crippen molar-refractivity contribution < 1.29 is 14.3 Å². The molecule has 9 heteroatoms. The van der Waals surface area contributed by atoms with Crippen LogP contribution in [0.3, 0.4) is 0 Å². The summed E-state index contributed by atoms with van der Waals surface area (Å²) in [6.45, 7) is 5.33. The molecule has 202 valence electrons. The smallest absolute Gasteiger partial charge is 0.249 e. The minimum Gasteiger partial charge on any atom is -0.376 e. The van der Waals surface area contributed by atoms with E-state index in [9.17, 15) is 9.59 Å². The maximum atomic E-state index is 14.1. The number of carbonyl (C=O) groups excluding carboxylic acids is 2. The molecule has 0 saturated carbocycles. The maximum absolute atomic E-state index is 14.1. The Balaban J connectivity index is 1.52. The second-order valence-electron chi connectivity index (χ2n) is 9.97. The van der Waals surface area contributed by atoms with E-state index < -0.39 is 6.04 Å². The standard InChI is InChI=1S/C30H34N6O3/c1-3-21(2)22-12-14-24(15-13-22)36(28(37)20-35-27-11-5-4-10-26(27)33-34-35)29(23-8-6-16-31-18-23)30(38)32-19-25-9-7-17-39-25/h4-6,8,10-16,18,21,25,29H,3,7,9,17,19-20H2,1-2H3,(H,32,38)/t21-,25-,29+/m0/s1. The summed E-state index contributed by atoms with van der Waals surface area (Å²) in [7, 11) is 0. The van der Waals surface area contributed by atoms with Crippen molar-refractivity contribution >= 4 is 28.5 Å². The number of aromatic nitrogens is 4. The van der Waals surface area contributed by atoms with E-state index in [1.54, 1.807) is 28.0 Å². The summed E-state index contributed by atoms with van der Waals surface area (Å²) in [6, 6.07) is 18.0. The monoisotopic (exact) mass is 526 g/mol. The number of ether oxygens (including phenoxy) is 1. The largest absolute Gasteiger partial charge is 0.376 e. The first kappa shape index (κ1) is 26.5. The molecule has 0 bridgehead atoms. The third-order valence-electron chi connectivity index (χ3n) is 7.36. The highest BCUT2D eigenvalue weighted by molar-refractivity contribution is 6.01. The van der Waals surface area contributed by atoms with E-state index in [-0.39, 0.29) is 24.5 Å². The van der Waals surface area contributed by atoms with Gasteiger partial charge in [0.2, 0.25) is 11.8 Å². The molecule has 0 aliphatic carbocycles. The average Bonchev–Trinajstić information content (AvgIpc) is 3.65. The lowest BCUT2D eigenvalue weighted by Crippen LogP contribution is -2.46. The molecule has 5 rings (SSSR count). The van der Waals surface area contributed by atoms with Crippen LogP contribution < -0.4 is 10.2 Å². The summed E-state index contributed by atoms with van der Waals surface area (Å²) in [5.74, 6) is -0.196. The molecule has 1 aliphatic heterocycles. The van der Waals surface area contributed by atoms with Gasteiger partial charge in [0.1, 0.15) is 18.1 Å². The fourth-order valence-electron chi connectivity index (χ4n) is 4.95. The highest BCUT2D eigenvalue weighted by Gasteiger charge is 2.34. The van der Waals surface area contributed by atoms with Gasteiger partial charge in [-0.2, -0.15) is 0 Å². The number of nitrogens with zero attached hydrogens (tertiary/aromatic N) is 5. The number of rotatable bonds is 10. The fourth-order valence-corrected chi connectivity index (χ4v) is 4.95. The minimum atomic E-state index is -0.933. The predicted molar refractivity (Wildman–Crippen MR) is 149 cm³/mol. The number of nitrogens with one attached hydrogen (secondary N) is 1. The first-order valence-electron chi connectivity index (χ1n) is 13.5. The summed E-state index contributed by atoms with van der Waals surface area (Å²) >= 11 is 0. The van der Waals surface area contributed by atoms with E-state index >= 15 is 0 Å². The van der Waals surface area contributed by atoms with Gasteiger partial charge in [-0.05, 0) is 61.1 Å². The Morgan fingerprint density at radius 1 is 1.10 bits per heavy atom. The minimum absolute atomic E-state index is 0.0241. The second-order valence-corrected chi connectivity index (χ2v) is 9.97. The number of amides is 2. The molecule has 0 unspecified atom stereocenters. The van der Waals surface area contributed by atoms with Crippen molar-refractivity contribution in [2.45, 2.75) is 57.7 Å². The van der Waals surface area contributed by atoms with Crippen molar-refractivity contribution in [3.05, 3.63) is 84.2 Å². The fraction of sp³-hybridized carbons (Fsp3) is 0.367. The number of carbonyl (C=O) groups is 2. The van der Waals surface area contributed by atoms with Crippen molar-refractivity contribution in [3.63, 3.8) is 0 Å². The Morgan fingerprint density at radius 3 is 2.64 bits per heavy atom. The van der Waals surface area contributed by atoms with Crippen LogP contribution >= 0.6 is 0 Å². The van der Waals surface area contributed by atoms with Crippen LogP contribution in [0.1, 0.15) is 56.2 Å². The SMILES string of the molecule is CC[C@H](C)c1ccc(N(C(=O)Cn2nnc3ccccc32)[C@@H](C(=O)NC[C@@H]2CCCO2)c2cccnc2)cc1. The van der Waals surface area contributed by atoms with Gasteiger partial charge in [0.05, 0.1) is 11.6 Å². The zero-order valence-corrected chi connectivity index (χ0v) is 22.4. The number of fused-ring (bicyclic) bond motifs is 1. The molecule has 9 nitrogen and oxygen atoms in total.